The third-order valence-corrected chi connectivity index (χ3v) is 5.80. The van der Waals surface area contributed by atoms with Crippen molar-refractivity contribution < 1.29 is 9.47 Å². The third-order valence-electron chi connectivity index (χ3n) is 5.80. The second kappa shape index (κ2) is 7.85. The molecule has 1 saturated carbocycles. The van der Waals surface area contributed by atoms with Crippen LogP contribution in [0.4, 0.5) is 11.5 Å². The number of nitrogens with one attached hydrogen (secondary N) is 3. The Labute approximate surface area is 171 Å². The summed E-state index contributed by atoms with van der Waals surface area (Å²) in [5.74, 6) is 2.37. The van der Waals surface area contributed by atoms with Crippen LogP contribution in [-0.4, -0.2) is 53.8 Å². The minimum atomic E-state index is -0.775. The molecule has 0 radical (unpaired) electrons. The van der Waals surface area contributed by atoms with Crippen molar-refractivity contribution in [2.24, 2.45) is 4.99 Å². The van der Waals surface area contributed by atoms with Gasteiger partial charge in [-0.25, -0.2) is 9.98 Å². The van der Waals surface area contributed by atoms with Crippen molar-refractivity contribution in [3.8, 4) is 11.5 Å². The van der Waals surface area contributed by atoms with E-state index in [0.717, 1.165) is 28.8 Å². The molecule has 2 aliphatic rings. The molecule has 1 aliphatic heterocycles. The molecule has 2 aromatic rings. The maximum Gasteiger partial charge on any atom is 0.205 e. The highest BCUT2D eigenvalue weighted by molar-refractivity contribution is 6.03. The average molecular weight is 399 g/mol. The van der Waals surface area contributed by atoms with E-state index in [-0.39, 0.29) is 0 Å². The molecule has 1 aromatic carbocycles. The summed E-state index contributed by atoms with van der Waals surface area (Å²) in [6, 6.07) is 6.19. The number of nitrogens with zero attached hydrogens (tertiary/aromatic N) is 3. The van der Waals surface area contributed by atoms with E-state index >= 15 is 0 Å². The predicted molar refractivity (Wildman–Crippen MR) is 115 cm³/mol. The molecular weight excluding hydrogens is 368 g/mol. The third kappa shape index (κ3) is 3.83. The molecular formula is C21H30N6O2. The lowest BCUT2D eigenvalue weighted by molar-refractivity contribution is 0.276. The summed E-state index contributed by atoms with van der Waals surface area (Å²) in [6.45, 7) is 2.00. The summed E-state index contributed by atoms with van der Waals surface area (Å²) in [5.41, 5.74) is 1.75. The number of aromatic nitrogens is 2. The molecule has 8 heteroatoms. The van der Waals surface area contributed by atoms with Crippen molar-refractivity contribution >= 4 is 17.3 Å². The Bertz CT molecular complexity index is 889. The van der Waals surface area contributed by atoms with E-state index in [4.69, 9.17) is 14.5 Å². The van der Waals surface area contributed by atoms with Gasteiger partial charge in [-0.2, -0.15) is 0 Å². The van der Waals surface area contributed by atoms with Crippen LogP contribution < -0.4 is 20.1 Å². The number of hydrogen-bond donors (Lipinski definition) is 3. The minimum absolute atomic E-state index is 0.497. The topological polar surface area (TPSA) is 86.8 Å². The second-order valence-electron chi connectivity index (χ2n) is 7.85. The van der Waals surface area contributed by atoms with Crippen molar-refractivity contribution in [2.45, 2.75) is 50.9 Å². The number of aromatic amines is 1. The van der Waals surface area contributed by atoms with Crippen molar-refractivity contribution in [3.05, 3.63) is 30.2 Å². The van der Waals surface area contributed by atoms with Crippen molar-refractivity contribution in [1.29, 1.82) is 0 Å². The van der Waals surface area contributed by atoms with Crippen LogP contribution in [0.15, 0.2) is 29.5 Å². The first-order chi connectivity index (χ1) is 14.0. The fourth-order valence-corrected chi connectivity index (χ4v) is 4.21. The van der Waals surface area contributed by atoms with Gasteiger partial charge in [-0.05, 0) is 31.9 Å². The molecule has 1 fully saturated rings. The lowest BCUT2D eigenvalue weighted by Crippen LogP contribution is -2.49. The maximum atomic E-state index is 5.55. The Hall–Kier alpha value is -2.90. The summed E-state index contributed by atoms with van der Waals surface area (Å²) in [4.78, 5) is 15.1. The first kappa shape index (κ1) is 19.4. The highest BCUT2D eigenvalue weighted by atomic mass is 16.5. The summed E-state index contributed by atoms with van der Waals surface area (Å²) in [7, 11) is 5.43. The van der Waals surface area contributed by atoms with Gasteiger partial charge in [0.05, 0.1) is 26.2 Å². The molecule has 0 amide bonds. The van der Waals surface area contributed by atoms with E-state index in [1.54, 1.807) is 20.5 Å². The summed E-state index contributed by atoms with van der Waals surface area (Å²) in [5, 5.41) is 6.90. The number of rotatable bonds is 5. The number of methoxy groups -OCH3 is 2. The van der Waals surface area contributed by atoms with Crippen LogP contribution in [0, 0.1) is 0 Å². The lowest BCUT2D eigenvalue weighted by Gasteiger charge is -2.39. The first-order valence-electron chi connectivity index (χ1n) is 10.2. The maximum absolute atomic E-state index is 5.55. The van der Waals surface area contributed by atoms with E-state index < -0.39 is 5.79 Å². The summed E-state index contributed by atoms with van der Waals surface area (Å²) >= 11 is 0. The molecule has 0 spiro atoms. The molecule has 4 rings (SSSR count). The molecule has 1 unspecified atom stereocenters. The Morgan fingerprint density at radius 2 is 1.97 bits per heavy atom. The number of benzene rings is 1. The summed E-state index contributed by atoms with van der Waals surface area (Å²) < 4.78 is 10.9. The van der Waals surface area contributed by atoms with E-state index in [9.17, 15) is 0 Å². The van der Waals surface area contributed by atoms with Crippen molar-refractivity contribution in [2.75, 3.05) is 31.9 Å². The number of fused-ring (bicyclic) bond motifs is 1. The molecule has 1 aliphatic carbocycles. The van der Waals surface area contributed by atoms with E-state index in [2.05, 4.69) is 32.5 Å². The van der Waals surface area contributed by atoms with Gasteiger partial charge in [0.2, 0.25) is 5.79 Å². The molecule has 1 atom stereocenters. The standard InChI is InChI=1S/C21H30N6O2/c1-21(24-16-11-10-15(28-3)12-17(16)29-4)25-19-18(22-13-23-19)20(26-21)27(2)14-8-6-5-7-9-14/h10-14,24-25H,5-9H2,1-4H3,(H,22,23). The number of imidazole rings is 1. The molecule has 8 nitrogen and oxygen atoms in total. The fraction of sp³-hybridized carbons (Fsp3) is 0.524. The van der Waals surface area contributed by atoms with Gasteiger partial charge in [-0.1, -0.05) is 19.3 Å². The number of ether oxygens (including phenoxy) is 2. The lowest BCUT2D eigenvalue weighted by atomic mass is 9.94. The van der Waals surface area contributed by atoms with Crippen molar-refractivity contribution in [1.82, 2.24) is 14.9 Å². The van der Waals surface area contributed by atoms with Gasteiger partial charge in [0, 0.05) is 19.2 Å². The van der Waals surface area contributed by atoms with E-state index in [1.165, 1.54) is 32.1 Å². The highest BCUT2D eigenvalue weighted by Crippen LogP contribution is 2.34. The Kier molecular flexibility index (Phi) is 5.25. The smallest absolute Gasteiger partial charge is 0.205 e. The van der Waals surface area contributed by atoms with Crippen LogP contribution in [0.1, 0.15) is 44.7 Å². The minimum Gasteiger partial charge on any atom is -0.497 e. The van der Waals surface area contributed by atoms with E-state index in [0.29, 0.717) is 11.8 Å². The van der Waals surface area contributed by atoms with E-state index in [1.807, 2.05) is 25.1 Å². The van der Waals surface area contributed by atoms with Crippen molar-refractivity contribution in [3.63, 3.8) is 0 Å². The van der Waals surface area contributed by atoms with Crippen LogP contribution in [-0.2, 0) is 0 Å². The van der Waals surface area contributed by atoms with Gasteiger partial charge in [0.25, 0.3) is 0 Å². The van der Waals surface area contributed by atoms with Crippen LogP contribution in [0.2, 0.25) is 0 Å². The first-order valence-corrected chi connectivity index (χ1v) is 10.2. The van der Waals surface area contributed by atoms with Gasteiger partial charge in [0.15, 0.2) is 11.7 Å². The molecule has 0 bridgehead atoms. The van der Waals surface area contributed by atoms with Crippen LogP contribution in [0.25, 0.3) is 0 Å². The number of H-pyrrole nitrogens is 1. The predicted octanol–water partition coefficient (Wildman–Crippen LogP) is 3.65. The van der Waals surface area contributed by atoms with Gasteiger partial charge < -0.3 is 30.0 Å². The number of amidine groups is 1. The molecule has 1 aromatic heterocycles. The van der Waals surface area contributed by atoms with Gasteiger partial charge in [-0.3, -0.25) is 0 Å². The normalized spacial score (nSPS) is 21.6. The Balaban J connectivity index is 1.66. The zero-order chi connectivity index (χ0) is 20.4. The average Bonchev–Trinajstić information content (AvgIpc) is 3.21. The van der Waals surface area contributed by atoms with Gasteiger partial charge in [0.1, 0.15) is 17.2 Å². The fourth-order valence-electron chi connectivity index (χ4n) is 4.21. The largest absolute Gasteiger partial charge is 0.497 e. The molecule has 156 valence electrons. The van der Waals surface area contributed by atoms with Gasteiger partial charge >= 0.3 is 0 Å². The number of aliphatic imine (C=N–C) groups is 1. The van der Waals surface area contributed by atoms with Crippen LogP contribution >= 0.6 is 0 Å². The monoisotopic (exact) mass is 398 g/mol. The highest BCUT2D eigenvalue weighted by Gasteiger charge is 2.35. The zero-order valence-electron chi connectivity index (χ0n) is 17.6. The Morgan fingerprint density at radius 1 is 1.17 bits per heavy atom. The SMILES string of the molecule is COc1ccc(NC2(C)N=C(N(C)C3CCCCC3)c3[nH]cnc3N2)c(OC)c1. The summed E-state index contributed by atoms with van der Waals surface area (Å²) in [6.07, 6.45) is 7.97. The molecule has 29 heavy (non-hydrogen) atoms. The van der Waals surface area contributed by atoms with Crippen LogP contribution in [0.5, 0.6) is 11.5 Å². The molecule has 0 saturated heterocycles. The second-order valence-corrected chi connectivity index (χ2v) is 7.85. The zero-order valence-corrected chi connectivity index (χ0v) is 17.6. The van der Waals surface area contributed by atoms with Crippen LogP contribution in [0.3, 0.4) is 0 Å². The number of anilines is 2. The number of hydrogen-bond acceptors (Lipinski definition) is 7. The van der Waals surface area contributed by atoms with Gasteiger partial charge in [-0.15, -0.1) is 0 Å². The molecule has 3 N–H and O–H groups in total. The Morgan fingerprint density at radius 3 is 2.69 bits per heavy atom. The molecule has 2 heterocycles. The quantitative estimate of drug-likeness (QED) is 0.713.